The van der Waals surface area contributed by atoms with Crippen molar-refractivity contribution < 1.29 is 13.5 Å². The number of rotatable bonds is 6. The predicted molar refractivity (Wildman–Crippen MR) is 67.3 cm³/mol. The SMILES string of the molecule is CCC(O)CCNS(=O)(=O)c1cccc(C)c1. The van der Waals surface area contributed by atoms with E-state index in [1.165, 1.54) is 0 Å². The molecule has 0 spiro atoms. The number of hydrogen-bond donors (Lipinski definition) is 2. The van der Waals surface area contributed by atoms with E-state index >= 15 is 0 Å². The van der Waals surface area contributed by atoms with E-state index in [-0.39, 0.29) is 11.4 Å². The van der Waals surface area contributed by atoms with Gasteiger partial charge in [0.25, 0.3) is 0 Å². The van der Waals surface area contributed by atoms with E-state index in [0.29, 0.717) is 12.8 Å². The Morgan fingerprint density at radius 1 is 1.41 bits per heavy atom. The molecule has 0 aliphatic carbocycles. The molecule has 1 aromatic carbocycles. The van der Waals surface area contributed by atoms with Gasteiger partial charge in [-0.05, 0) is 37.5 Å². The fraction of sp³-hybridized carbons (Fsp3) is 0.500. The van der Waals surface area contributed by atoms with Crippen molar-refractivity contribution in [2.45, 2.75) is 37.7 Å². The van der Waals surface area contributed by atoms with Crippen LogP contribution in [0.1, 0.15) is 25.3 Å². The third-order valence-corrected chi connectivity index (χ3v) is 4.00. The second-order valence-corrected chi connectivity index (χ2v) is 5.83. The molecule has 0 aromatic heterocycles. The van der Waals surface area contributed by atoms with E-state index in [1.54, 1.807) is 18.2 Å². The van der Waals surface area contributed by atoms with Crippen LogP contribution >= 0.6 is 0 Å². The van der Waals surface area contributed by atoms with Gasteiger partial charge >= 0.3 is 0 Å². The van der Waals surface area contributed by atoms with E-state index in [9.17, 15) is 13.5 Å². The summed E-state index contributed by atoms with van der Waals surface area (Å²) in [4.78, 5) is 0.267. The largest absolute Gasteiger partial charge is 0.393 e. The Balaban J connectivity index is 2.63. The van der Waals surface area contributed by atoms with Crippen molar-refractivity contribution in [2.75, 3.05) is 6.54 Å². The van der Waals surface area contributed by atoms with Crippen molar-refractivity contribution in [3.63, 3.8) is 0 Å². The highest BCUT2D eigenvalue weighted by atomic mass is 32.2. The molecule has 17 heavy (non-hydrogen) atoms. The molecule has 0 bridgehead atoms. The number of hydrogen-bond acceptors (Lipinski definition) is 3. The van der Waals surface area contributed by atoms with Crippen LogP contribution in [0.25, 0.3) is 0 Å². The Bertz CT molecular complexity index is 457. The molecule has 0 saturated heterocycles. The van der Waals surface area contributed by atoms with Gasteiger partial charge in [-0.1, -0.05) is 19.1 Å². The Morgan fingerprint density at radius 3 is 2.71 bits per heavy atom. The first-order chi connectivity index (χ1) is 7.95. The van der Waals surface area contributed by atoms with Crippen LogP contribution < -0.4 is 4.72 Å². The fourth-order valence-electron chi connectivity index (χ4n) is 1.43. The molecule has 96 valence electrons. The minimum atomic E-state index is -3.45. The Labute approximate surface area is 103 Å². The lowest BCUT2D eigenvalue weighted by Crippen LogP contribution is -2.27. The highest BCUT2D eigenvalue weighted by molar-refractivity contribution is 7.89. The maximum Gasteiger partial charge on any atom is 0.240 e. The van der Waals surface area contributed by atoms with Crippen LogP contribution in [-0.4, -0.2) is 26.2 Å². The van der Waals surface area contributed by atoms with Crippen LogP contribution in [0.4, 0.5) is 0 Å². The van der Waals surface area contributed by atoms with Crippen LogP contribution in [0.2, 0.25) is 0 Å². The van der Waals surface area contributed by atoms with Crippen LogP contribution in [0.5, 0.6) is 0 Å². The van der Waals surface area contributed by atoms with Gasteiger partial charge in [-0.2, -0.15) is 0 Å². The number of aliphatic hydroxyl groups is 1. The van der Waals surface area contributed by atoms with Gasteiger partial charge in [0.2, 0.25) is 10.0 Å². The molecule has 0 heterocycles. The van der Waals surface area contributed by atoms with Gasteiger partial charge in [-0.15, -0.1) is 0 Å². The highest BCUT2D eigenvalue weighted by Gasteiger charge is 2.13. The van der Waals surface area contributed by atoms with Crippen LogP contribution in [0.15, 0.2) is 29.2 Å². The summed E-state index contributed by atoms with van der Waals surface area (Å²) in [6, 6.07) is 6.74. The fourth-order valence-corrected chi connectivity index (χ4v) is 2.58. The van der Waals surface area contributed by atoms with Crippen LogP contribution in [0, 0.1) is 6.92 Å². The Hall–Kier alpha value is -0.910. The van der Waals surface area contributed by atoms with Crippen LogP contribution in [-0.2, 0) is 10.0 Å². The summed E-state index contributed by atoms with van der Waals surface area (Å²) in [6.07, 6.45) is 0.614. The number of aryl methyl sites for hydroxylation is 1. The van der Waals surface area contributed by atoms with Crippen molar-refractivity contribution in [3.05, 3.63) is 29.8 Å². The molecule has 1 unspecified atom stereocenters. The number of benzene rings is 1. The minimum absolute atomic E-state index is 0.255. The van der Waals surface area contributed by atoms with E-state index in [1.807, 2.05) is 19.9 Å². The lowest BCUT2D eigenvalue weighted by Gasteiger charge is -2.09. The van der Waals surface area contributed by atoms with Crippen molar-refractivity contribution in [2.24, 2.45) is 0 Å². The minimum Gasteiger partial charge on any atom is -0.393 e. The zero-order chi connectivity index (χ0) is 12.9. The summed E-state index contributed by atoms with van der Waals surface area (Å²) in [7, 11) is -3.45. The lowest BCUT2D eigenvalue weighted by molar-refractivity contribution is 0.162. The molecular formula is C12H19NO3S. The number of aliphatic hydroxyl groups excluding tert-OH is 1. The van der Waals surface area contributed by atoms with Crippen molar-refractivity contribution in [1.82, 2.24) is 4.72 Å². The molecule has 0 aliphatic heterocycles. The third kappa shape index (κ3) is 4.46. The average molecular weight is 257 g/mol. The molecule has 1 atom stereocenters. The average Bonchev–Trinajstić information content (AvgIpc) is 2.28. The Morgan fingerprint density at radius 2 is 2.12 bits per heavy atom. The molecule has 0 aliphatic rings. The first-order valence-corrected chi connectivity index (χ1v) is 7.18. The molecule has 0 radical (unpaired) electrons. The summed E-state index contributed by atoms with van der Waals surface area (Å²) in [5, 5.41) is 9.33. The Kier molecular flexibility index (Phi) is 5.11. The van der Waals surface area contributed by atoms with E-state index in [0.717, 1.165) is 5.56 Å². The first kappa shape index (κ1) is 14.2. The van der Waals surface area contributed by atoms with E-state index < -0.39 is 16.1 Å². The van der Waals surface area contributed by atoms with E-state index in [4.69, 9.17) is 0 Å². The molecule has 0 amide bonds. The summed E-state index contributed by atoms with van der Waals surface area (Å²) in [5.41, 5.74) is 0.904. The quantitative estimate of drug-likeness (QED) is 0.810. The van der Waals surface area contributed by atoms with Crippen molar-refractivity contribution in [3.8, 4) is 0 Å². The second kappa shape index (κ2) is 6.14. The highest BCUT2D eigenvalue weighted by Crippen LogP contribution is 2.10. The van der Waals surface area contributed by atoms with Gasteiger partial charge in [-0.3, -0.25) is 0 Å². The van der Waals surface area contributed by atoms with Crippen molar-refractivity contribution >= 4 is 10.0 Å². The molecular weight excluding hydrogens is 238 g/mol. The normalized spacial score (nSPS) is 13.6. The monoisotopic (exact) mass is 257 g/mol. The first-order valence-electron chi connectivity index (χ1n) is 5.70. The number of nitrogens with one attached hydrogen (secondary N) is 1. The van der Waals surface area contributed by atoms with Crippen molar-refractivity contribution in [1.29, 1.82) is 0 Å². The molecule has 5 heteroatoms. The number of sulfonamides is 1. The molecule has 1 rings (SSSR count). The molecule has 0 fully saturated rings. The van der Waals surface area contributed by atoms with Gasteiger partial charge in [-0.25, -0.2) is 13.1 Å². The molecule has 1 aromatic rings. The van der Waals surface area contributed by atoms with Gasteiger partial charge < -0.3 is 5.11 Å². The summed E-state index contributed by atoms with van der Waals surface area (Å²) in [6.45, 7) is 3.96. The molecule has 4 nitrogen and oxygen atoms in total. The molecule has 0 saturated carbocycles. The topological polar surface area (TPSA) is 66.4 Å². The molecule has 2 N–H and O–H groups in total. The van der Waals surface area contributed by atoms with Gasteiger partial charge in [0.1, 0.15) is 0 Å². The summed E-state index contributed by atoms with van der Waals surface area (Å²) in [5.74, 6) is 0. The zero-order valence-electron chi connectivity index (χ0n) is 10.2. The van der Waals surface area contributed by atoms with Gasteiger partial charge in [0.05, 0.1) is 11.0 Å². The van der Waals surface area contributed by atoms with Gasteiger partial charge in [0, 0.05) is 6.54 Å². The lowest BCUT2D eigenvalue weighted by atomic mass is 10.2. The predicted octanol–water partition coefficient (Wildman–Crippen LogP) is 1.43. The maximum absolute atomic E-state index is 11.9. The standard InChI is InChI=1S/C12H19NO3S/c1-3-11(14)7-8-13-17(15,16)12-6-4-5-10(2)9-12/h4-6,9,11,13-14H,3,7-8H2,1-2H3. The van der Waals surface area contributed by atoms with Gasteiger partial charge in [0.15, 0.2) is 0 Å². The van der Waals surface area contributed by atoms with E-state index in [2.05, 4.69) is 4.72 Å². The summed E-state index contributed by atoms with van der Waals surface area (Å²) < 4.78 is 26.2. The maximum atomic E-state index is 11.9. The third-order valence-electron chi connectivity index (χ3n) is 2.54. The smallest absolute Gasteiger partial charge is 0.240 e. The zero-order valence-corrected chi connectivity index (χ0v) is 11.0. The summed E-state index contributed by atoms with van der Waals surface area (Å²) >= 11 is 0. The second-order valence-electron chi connectivity index (χ2n) is 4.07. The van der Waals surface area contributed by atoms with Crippen LogP contribution in [0.3, 0.4) is 0 Å².